The Morgan fingerprint density at radius 3 is 2.80 bits per heavy atom. The maximum atomic E-state index is 12.0. The summed E-state index contributed by atoms with van der Waals surface area (Å²) in [6.45, 7) is 0.0299. The van der Waals surface area contributed by atoms with E-state index in [1.165, 1.54) is 10.9 Å². The minimum Gasteiger partial charge on any atom is -0.271 e. The van der Waals surface area contributed by atoms with Crippen LogP contribution in [0.3, 0.4) is 0 Å². The summed E-state index contributed by atoms with van der Waals surface area (Å²) in [5.41, 5.74) is 0.239. The lowest BCUT2D eigenvalue weighted by atomic mass is 10.4. The number of hydrogen-bond donors (Lipinski definition) is 1. The quantitative estimate of drug-likeness (QED) is 0.658. The molecule has 0 atom stereocenters. The Bertz CT molecular complexity index is 752. The van der Waals surface area contributed by atoms with Crippen molar-refractivity contribution in [3.63, 3.8) is 0 Å². The molecule has 2 aromatic rings. The van der Waals surface area contributed by atoms with E-state index in [4.69, 9.17) is 11.6 Å². The minimum atomic E-state index is -3.85. The normalized spacial score (nSPS) is 11.7. The van der Waals surface area contributed by atoms with Crippen molar-refractivity contribution in [3.8, 4) is 0 Å². The Kier molecular flexibility index (Phi) is 4.09. The second-order valence-corrected chi connectivity index (χ2v) is 7.40. The van der Waals surface area contributed by atoms with Gasteiger partial charge in [-0.25, -0.2) is 13.1 Å². The van der Waals surface area contributed by atoms with Gasteiger partial charge in [0, 0.05) is 19.3 Å². The topological polar surface area (TPSA) is 107 Å². The van der Waals surface area contributed by atoms with Crippen LogP contribution in [0.15, 0.2) is 22.5 Å². The Labute approximate surface area is 123 Å². The van der Waals surface area contributed by atoms with Crippen LogP contribution in [0.25, 0.3) is 0 Å². The third kappa shape index (κ3) is 2.98. The number of aromatic nitrogens is 2. The second kappa shape index (κ2) is 5.48. The van der Waals surface area contributed by atoms with Crippen LogP contribution in [0.1, 0.15) is 5.69 Å². The second-order valence-electron chi connectivity index (χ2n) is 3.75. The lowest BCUT2D eigenvalue weighted by Crippen LogP contribution is -2.23. The summed E-state index contributed by atoms with van der Waals surface area (Å²) >= 11 is 6.28. The number of hydrogen-bond acceptors (Lipinski definition) is 6. The molecule has 0 spiro atoms. The molecule has 2 aromatic heterocycles. The molecule has 0 aromatic carbocycles. The molecule has 0 saturated heterocycles. The van der Waals surface area contributed by atoms with Gasteiger partial charge in [0.25, 0.3) is 15.7 Å². The van der Waals surface area contributed by atoms with Crippen molar-refractivity contribution >= 4 is 38.6 Å². The first kappa shape index (κ1) is 14.9. The van der Waals surface area contributed by atoms with E-state index in [2.05, 4.69) is 9.82 Å². The Morgan fingerprint density at radius 1 is 1.60 bits per heavy atom. The standard InChI is InChI=1S/C9H9ClN4O4S2/c1-13-6(2-3-11-13)5-12-20(17,18)8-4-7(14(15)16)9(10)19-8/h2-4,12H,5H2,1H3. The van der Waals surface area contributed by atoms with Crippen molar-refractivity contribution in [1.29, 1.82) is 0 Å². The molecule has 0 aliphatic carbocycles. The number of nitrogens with zero attached hydrogens (tertiary/aromatic N) is 3. The van der Waals surface area contributed by atoms with E-state index in [0.29, 0.717) is 17.0 Å². The fourth-order valence-corrected chi connectivity index (χ4v) is 4.12. The molecule has 2 rings (SSSR count). The van der Waals surface area contributed by atoms with E-state index in [-0.39, 0.29) is 15.1 Å². The predicted octanol–water partition coefficient (Wildman–Crippen LogP) is 1.52. The van der Waals surface area contributed by atoms with E-state index < -0.39 is 20.6 Å². The number of halogens is 1. The van der Waals surface area contributed by atoms with Gasteiger partial charge in [0.2, 0.25) is 0 Å². The Balaban J connectivity index is 2.20. The number of sulfonamides is 1. The number of aryl methyl sites for hydroxylation is 1. The van der Waals surface area contributed by atoms with Gasteiger partial charge in [-0.05, 0) is 6.07 Å². The molecule has 0 aliphatic heterocycles. The van der Waals surface area contributed by atoms with Crippen LogP contribution < -0.4 is 4.72 Å². The van der Waals surface area contributed by atoms with Crippen LogP contribution in [0.5, 0.6) is 0 Å². The molecule has 108 valence electrons. The van der Waals surface area contributed by atoms with Crippen molar-refractivity contribution in [2.45, 2.75) is 10.8 Å². The number of nitrogens with one attached hydrogen (secondary N) is 1. The maximum absolute atomic E-state index is 12.0. The molecule has 0 fully saturated rings. The van der Waals surface area contributed by atoms with Crippen molar-refractivity contribution in [2.75, 3.05) is 0 Å². The molecule has 20 heavy (non-hydrogen) atoms. The van der Waals surface area contributed by atoms with Gasteiger partial charge in [0.1, 0.15) is 4.21 Å². The summed E-state index contributed by atoms with van der Waals surface area (Å²) in [7, 11) is -2.17. The molecule has 0 unspecified atom stereocenters. The largest absolute Gasteiger partial charge is 0.300 e. The molecule has 0 saturated carbocycles. The molecule has 0 bridgehead atoms. The third-order valence-corrected chi connectivity index (χ3v) is 5.69. The third-order valence-electron chi connectivity index (χ3n) is 2.47. The van der Waals surface area contributed by atoms with Crippen LogP contribution in [0.4, 0.5) is 5.69 Å². The van der Waals surface area contributed by atoms with Gasteiger partial charge in [0.15, 0.2) is 4.34 Å². The van der Waals surface area contributed by atoms with Crippen molar-refractivity contribution in [1.82, 2.24) is 14.5 Å². The highest BCUT2D eigenvalue weighted by molar-refractivity contribution is 7.91. The smallest absolute Gasteiger partial charge is 0.271 e. The average molecular weight is 337 g/mol. The monoisotopic (exact) mass is 336 g/mol. The average Bonchev–Trinajstić information content (AvgIpc) is 2.93. The van der Waals surface area contributed by atoms with E-state index in [9.17, 15) is 18.5 Å². The molecule has 11 heteroatoms. The van der Waals surface area contributed by atoms with E-state index in [1.54, 1.807) is 13.1 Å². The summed E-state index contributed by atoms with van der Waals surface area (Å²) in [6, 6.07) is 2.60. The van der Waals surface area contributed by atoms with Gasteiger partial charge in [-0.2, -0.15) is 5.10 Å². The Hall–Kier alpha value is -1.49. The molecule has 8 nitrogen and oxygen atoms in total. The summed E-state index contributed by atoms with van der Waals surface area (Å²) < 4.78 is 27.5. The van der Waals surface area contributed by atoms with E-state index in [0.717, 1.165) is 6.07 Å². The maximum Gasteiger partial charge on any atom is 0.300 e. The molecule has 0 radical (unpaired) electrons. The summed E-state index contributed by atoms with van der Waals surface area (Å²) in [6.07, 6.45) is 1.54. The van der Waals surface area contributed by atoms with Crippen LogP contribution in [0.2, 0.25) is 4.34 Å². The van der Waals surface area contributed by atoms with Gasteiger partial charge < -0.3 is 0 Å². The first-order valence-electron chi connectivity index (χ1n) is 5.21. The fourth-order valence-electron chi connectivity index (χ4n) is 1.41. The van der Waals surface area contributed by atoms with Crippen LogP contribution in [0, 0.1) is 10.1 Å². The zero-order valence-corrected chi connectivity index (χ0v) is 12.5. The zero-order chi connectivity index (χ0) is 14.9. The van der Waals surface area contributed by atoms with Gasteiger partial charge in [0.05, 0.1) is 17.2 Å². The molecular formula is C9H9ClN4O4S2. The molecule has 0 aliphatic rings. The summed E-state index contributed by atoms with van der Waals surface area (Å²) in [4.78, 5) is 9.93. The molecule has 2 heterocycles. The first-order valence-corrected chi connectivity index (χ1v) is 7.89. The highest BCUT2D eigenvalue weighted by Crippen LogP contribution is 2.36. The van der Waals surface area contributed by atoms with Crippen molar-refractivity contribution in [3.05, 3.63) is 38.5 Å². The van der Waals surface area contributed by atoms with Crippen molar-refractivity contribution < 1.29 is 13.3 Å². The van der Waals surface area contributed by atoms with Crippen LogP contribution in [-0.4, -0.2) is 23.1 Å². The zero-order valence-electron chi connectivity index (χ0n) is 10.1. The molecule has 1 N–H and O–H groups in total. The van der Waals surface area contributed by atoms with E-state index >= 15 is 0 Å². The van der Waals surface area contributed by atoms with Gasteiger partial charge in [-0.1, -0.05) is 11.6 Å². The number of thiophene rings is 1. The highest BCUT2D eigenvalue weighted by Gasteiger charge is 2.25. The van der Waals surface area contributed by atoms with Gasteiger partial charge in [-0.3, -0.25) is 14.8 Å². The SMILES string of the molecule is Cn1nccc1CNS(=O)(=O)c1cc([N+](=O)[O-])c(Cl)s1. The number of nitro groups is 1. The van der Waals surface area contributed by atoms with Crippen LogP contribution >= 0.6 is 22.9 Å². The predicted molar refractivity (Wildman–Crippen MR) is 73.2 cm³/mol. The fraction of sp³-hybridized carbons (Fsp3) is 0.222. The number of rotatable bonds is 5. The van der Waals surface area contributed by atoms with Gasteiger partial charge >= 0.3 is 0 Å². The first-order chi connectivity index (χ1) is 9.31. The van der Waals surface area contributed by atoms with E-state index in [1.807, 2.05) is 0 Å². The summed E-state index contributed by atoms with van der Waals surface area (Å²) in [5.74, 6) is 0. The Morgan fingerprint density at radius 2 is 2.30 bits per heavy atom. The lowest BCUT2D eigenvalue weighted by Gasteiger charge is -2.04. The summed E-state index contributed by atoms with van der Waals surface area (Å²) in [5, 5.41) is 14.6. The molecule has 0 amide bonds. The van der Waals surface area contributed by atoms with Crippen molar-refractivity contribution in [2.24, 2.45) is 7.05 Å². The minimum absolute atomic E-state index is 0.0299. The molecular weight excluding hydrogens is 328 g/mol. The lowest BCUT2D eigenvalue weighted by molar-refractivity contribution is -0.384. The van der Waals surface area contributed by atoms with Crippen LogP contribution in [-0.2, 0) is 23.6 Å². The highest BCUT2D eigenvalue weighted by atomic mass is 35.5. The van der Waals surface area contributed by atoms with Gasteiger partial charge in [-0.15, -0.1) is 11.3 Å².